The number of unbranched alkanes of at least 4 members (excludes halogenated alkanes) is 1. The molecule has 1 unspecified atom stereocenters. The van der Waals surface area contributed by atoms with Crippen molar-refractivity contribution in [3.05, 3.63) is 30.5 Å². The van der Waals surface area contributed by atoms with Crippen molar-refractivity contribution in [2.45, 2.75) is 45.1 Å². The molecule has 3 rings (SSSR count). The number of benzene rings is 1. The van der Waals surface area contributed by atoms with Crippen LogP contribution in [0.5, 0.6) is 5.75 Å². The van der Waals surface area contributed by atoms with Gasteiger partial charge >= 0.3 is 6.09 Å². The molecule has 6 nitrogen and oxygen atoms in total. The third-order valence-corrected chi connectivity index (χ3v) is 4.82. The number of hydrogen-bond donors (Lipinski definition) is 1. The molecule has 6 heteroatoms. The molecule has 2 aromatic rings. The van der Waals surface area contributed by atoms with Gasteiger partial charge in [-0.2, -0.15) is 0 Å². The summed E-state index contributed by atoms with van der Waals surface area (Å²) in [5.41, 5.74) is 5.88. The second kappa shape index (κ2) is 8.74. The van der Waals surface area contributed by atoms with Crippen LogP contribution in [0.3, 0.4) is 0 Å². The highest BCUT2D eigenvalue weighted by molar-refractivity contribution is 5.91. The lowest BCUT2D eigenvalue weighted by molar-refractivity contribution is 0.0928. The van der Waals surface area contributed by atoms with Gasteiger partial charge < -0.3 is 20.1 Å². The van der Waals surface area contributed by atoms with Crippen molar-refractivity contribution in [3.63, 3.8) is 0 Å². The minimum absolute atomic E-state index is 0.186. The number of rotatable bonds is 7. The number of amides is 1. The van der Waals surface area contributed by atoms with Gasteiger partial charge in [-0.05, 0) is 48.9 Å². The zero-order chi connectivity index (χ0) is 18.4. The SMILES string of the molecule is CCCCOC(=O)N1CCCC1CCOc1ccc2c(N)nccc2c1. The number of anilines is 1. The zero-order valence-electron chi connectivity index (χ0n) is 15.3. The topological polar surface area (TPSA) is 77.7 Å². The number of aromatic nitrogens is 1. The van der Waals surface area contributed by atoms with Gasteiger partial charge in [0.1, 0.15) is 11.6 Å². The van der Waals surface area contributed by atoms with E-state index in [-0.39, 0.29) is 12.1 Å². The molecular formula is C20H27N3O3. The smallest absolute Gasteiger partial charge is 0.410 e. The zero-order valence-corrected chi connectivity index (χ0v) is 15.3. The monoisotopic (exact) mass is 357 g/mol. The van der Waals surface area contributed by atoms with Crippen molar-refractivity contribution in [3.8, 4) is 5.75 Å². The van der Waals surface area contributed by atoms with Gasteiger partial charge in [0.25, 0.3) is 0 Å². The number of nitrogens with two attached hydrogens (primary N) is 1. The predicted octanol–water partition coefficient (Wildman–Crippen LogP) is 3.99. The van der Waals surface area contributed by atoms with Crippen LogP contribution in [0.4, 0.5) is 10.6 Å². The van der Waals surface area contributed by atoms with Crippen LogP contribution in [0, 0.1) is 0 Å². The van der Waals surface area contributed by atoms with Crippen LogP contribution in [0.2, 0.25) is 0 Å². The first-order valence-electron chi connectivity index (χ1n) is 9.39. The highest BCUT2D eigenvalue weighted by Crippen LogP contribution is 2.25. The molecular weight excluding hydrogens is 330 g/mol. The van der Waals surface area contributed by atoms with E-state index in [1.807, 2.05) is 29.2 Å². The predicted molar refractivity (Wildman–Crippen MR) is 102 cm³/mol. The summed E-state index contributed by atoms with van der Waals surface area (Å²) in [4.78, 5) is 18.1. The summed E-state index contributed by atoms with van der Waals surface area (Å²) < 4.78 is 11.3. The minimum atomic E-state index is -0.186. The molecule has 1 aromatic heterocycles. The van der Waals surface area contributed by atoms with Gasteiger partial charge in [-0.15, -0.1) is 0 Å². The lowest BCUT2D eigenvalue weighted by Crippen LogP contribution is -2.37. The normalized spacial score (nSPS) is 16.8. The Morgan fingerprint density at radius 1 is 1.35 bits per heavy atom. The average molecular weight is 357 g/mol. The number of nitrogens with zero attached hydrogens (tertiary/aromatic N) is 2. The number of pyridine rings is 1. The number of ether oxygens (including phenoxy) is 2. The Hall–Kier alpha value is -2.50. The first-order valence-corrected chi connectivity index (χ1v) is 9.39. The Kier molecular flexibility index (Phi) is 6.15. The molecule has 0 bridgehead atoms. The van der Waals surface area contributed by atoms with E-state index in [2.05, 4.69) is 11.9 Å². The summed E-state index contributed by atoms with van der Waals surface area (Å²) in [7, 11) is 0. The second-order valence-electron chi connectivity index (χ2n) is 6.67. The fourth-order valence-corrected chi connectivity index (χ4v) is 3.34. The van der Waals surface area contributed by atoms with Crippen LogP contribution in [0.25, 0.3) is 10.8 Å². The van der Waals surface area contributed by atoms with Gasteiger partial charge in [0.2, 0.25) is 0 Å². The number of carbonyl (C=O) groups is 1. The van der Waals surface area contributed by atoms with E-state index in [1.165, 1.54) is 0 Å². The minimum Gasteiger partial charge on any atom is -0.493 e. The molecule has 26 heavy (non-hydrogen) atoms. The number of carbonyl (C=O) groups excluding carboxylic acids is 1. The Balaban J connectivity index is 1.51. The molecule has 1 amide bonds. The van der Waals surface area contributed by atoms with Gasteiger partial charge in [0.05, 0.1) is 13.2 Å². The van der Waals surface area contributed by atoms with Gasteiger partial charge in [-0.1, -0.05) is 13.3 Å². The van der Waals surface area contributed by atoms with Crippen molar-refractivity contribution >= 4 is 22.7 Å². The first kappa shape index (κ1) is 18.3. The van der Waals surface area contributed by atoms with E-state index in [1.54, 1.807) is 6.20 Å². The number of likely N-dealkylation sites (tertiary alicyclic amines) is 1. The molecule has 140 valence electrons. The average Bonchev–Trinajstić information content (AvgIpc) is 3.11. The van der Waals surface area contributed by atoms with Crippen molar-refractivity contribution in [1.29, 1.82) is 0 Å². The Bertz CT molecular complexity index is 750. The van der Waals surface area contributed by atoms with Crippen molar-refractivity contribution in [1.82, 2.24) is 9.88 Å². The first-order chi connectivity index (χ1) is 12.7. The molecule has 1 saturated heterocycles. The summed E-state index contributed by atoms with van der Waals surface area (Å²) in [6.07, 6.45) is 6.28. The summed E-state index contributed by atoms with van der Waals surface area (Å²) in [6.45, 7) is 3.93. The van der Waals surface area contributed by atoms with E-state index in [9.17, 15) is 4.79 Å². The summed E-state index contributed by atoms with van der Waals surface area (Å²) >= 11 is 0. The maximum absolute atomic E-state index is 12.2. The van der Waals surface area contributed by atoms with E-state index in [4.69, 9.17) is 15.2 Å². The van der Waals surface area contributed by atoms with Crippen LogP contribution >= 0.6 is 0 Å². The van der Waals surface area contributed by atoms with E-state index >= 15 is 0 Å². The highest BCUT2D eigenvalue weighted by atomic mass is 16.6. The van der Waals surface area contributed by atoms with Gasteiger partial charge in [0, 0.05) is 30.6 Å². The van der Waals surface area contributed by atoms with Crippen molar-refractivity contribution in [2.24, 2.45) is 0 Å². The Morgan fingerprint density at radius 3 is 3.08 bits per heavy atom. The molecule has 0 spiro atoms. The molecule has 1 aliphatic rings. The molecule has 1 atom stereocenters. The van der Waals surface area contributed by atoms with Crippen LogP contribution < -0.4 is 10.5 Å². The molecule has 1 aromatic carbocycles. The van der Waals surface area contributed by atoms with Crippen molar-refractivity contribution < 1.29 is 14.3 Å². The summed E-state index contributed by atoms with van der Waals surface area (Å²) in [5.74, 6) is 1.33. The molecule has 0 aliphatic carbocycles. The standard InChI is InChI=1S/C20H27N3O3/c1-2-3-12-26-20(24)23-11-4-5-16(23)9-13-25-17-6-7-18-15(14-17)8-10-22-19(18)21/h6-8,10,14,16H,2-5,9,11-13H2,1H3,(H2,21,22). The quantitative estimate of drug-likeness (QED) is 0.758. The molecule has 1 aliphatic heterocycles. The molecule has 0 saturated carbocycles. The van der Waals surface area contributed by atoms with E-state index in [0.717, 1.165) is 55.2 Å². The van der Waals surface area contributed by atoms with E-state index in [0.29, 0.717) is 19.0 Å². The largest absolute Gasteiger partial charge is 0.493 e. The van der Waals surface area contributed by atoms with Crippen LogP contribution in [0.1, 0.15) is 39.0 Å². The molecule has 1 fully saturated rings. The molecule has 2 heterocycles. The fourth-order valence-electron chi connectivity index (χ4n) is 3.34. The Morgan fingerprint density at radius 2 is 2.23 bits per heavy atom. The maximum atomic E-state index is 12.2. The van der Waals surface area contributed by atoms with Crippen LogP contribution in [-0.4, -0.2) is 41.8 Å². The lowest BCUT2D eigenvalue weighted by atomic mass is 10.1. The summed E-state index contributed by atoms with van der Waals surface area (Å²) in [5, 5.41) is 1.94. The third-order valence-electron chi connectivity index (χ3n) is 4.82. The van der Waals surface area contributed by atoms with E-state index < -0.39 is 0 Å². The maximum Gasteiger partial charge on any atom is 0.410 e. The summed E-state index contributed by atoms with van der Waals surface area (Å²) in [6, 6.07) is 7.93. The van der Waals surface area contributed by atoms with Crippen LogP contribution in [0.15, 0.2) is 30.5 Å². The Labute approximate surface area is 154 Å². The molecule has 0 radical (unpaired) electrons. The van der Waals surface area contributed by atoms with Gasteiger partial charge in [-0.25, -0.2) is 9.78 Å². The fraction of sp³-hybridized carbons (Fsp3) is 0.500. The van der Waals surface area contributed by atoms with Gasteiger partial charge in [0.15, 0.2) is 0 Å². The van der Waals surface area contributed by atoms with Crippen LogP contribution in [-0.2, 0) is 4.74 Å². The molecule has 2 N–H and O–H groups in total. The van der Waals surface area contributed by atoms with Gasteiger partial charge in [-0.3, -0.25) is 0 Å². The number of nitrogen functional groups attached to an aromatic ring is 1. The lowest BCUT2D eigenvalue weighted by Gasteiger charge is -2.24. The number of hydrogen-bond acceptors (Lipinski definition) is 5. The number of fused-ring (bicyclic) bond motifs is 1. The third kappa shape index (κ3) is 4.36. The second-order valence-corrected chi connectivity index (χ2v) is 6.67. The van der Waals surface area contributed by atoms with Crippen molar-refractivity contribution in [2.75, 3.05) is 25.5 Å². The highest BCUT2D eigenvalue weighted by Gasteiger charge is 2.29.